The molecule has 2 aromatic rings. The third-order valence-corrected chi connectivity index (χ3v) is 4.65. The molecule has 0 saturated heterocycles. The summed E-state index contributed by atoms with van der Waals surface area (Å²) in [7, 11) is 2.04. The molecule has 0 radical (unpaired) electrons. The van der Waals surface area contributed by atoms with Gasteiger partial charge in [0.1, 0.15) is 5.82 Å². The lowest BCUT2D eigenvalue weighted by atomic mass is 10.2. The van der Waals surface area contributed by atoms with Crippen molar-refractivity contribution >= 4 is 34.0 Å². The molecule has 4 nitrogen and oxygen atoms in total. The van der Waals surface area contributed by atoms with Crippen molar-refractivity contribution in [2.45, 2.75) is 13.0 Å². The summed E-state index contributed by atoms with van der Waals surface area (Å²) >= 11 is 7.31. The van der Waals surface area contributed by atoms with E-state index < -0.39 is 11.7 Å². The number of likely N-dealkylation sites (N-methyl/N-ethyl adjacent to an activating group) is 1. The summed E-state index contributed by atoms with van der Waals surface area (Å²) in [5.74, 6) is -1.21. The van der Waals surface area contributed by atoms with E-state index in [0.717, 1.165) is 30.1 Å². The highest BCUT2D eigenvalue weighted by Crippen LogP contribution is 2.28. The first-order chi connectivity index (χ1) is 10.0. The van der Waals surface area contributed by atoms with Gasteiger partial charge in [0, 0.05) is 24.4 Å². The molecular weight excluding hydrogens is 313 g/mol. The zero-order valence-electron chi connectivity index (χ0n) is 11.3. The van der Waals surface area contributed by atoms with E-state index in [9.17, 15) is 9.18 Å². The minimum Gasteiger partial charge on any atom is -0.301 e. The van der Waals surface area contributed by atoms with Gasteiger partial charge >= 0.3 is 0 Å². The maximum atomic E-state index is 13.7. The molecule has 0 fully saturated rings. The van der Waals surface area contributed by atoms with Crippen molar-refractivity contribution in [1.82, 2.24) is 9.88 Å². The van der Waals surface area contributed by atoms with Gasteiger partial charge in [0.15, 0.2) is 5.13 Å². The zero-order chi connectivity index (χ0) is 15.0. The molecule has 1 aliphatic rings. The third kappa shape index (κ3) is 2.92. The van der Waals surface area contributed by atoms with Crippen LogP contribution >= 0.6 is 22.9 Å². The van der Waals surface area contributed by atoms with Gasteiger partial charge in [-0.3, -0.25) is 10.1 Å². The number of halogens is 2. The second kappa shape index (κ2) is 5.71. The molecule has 7 heteroatoms. The largest absolute Gasteiger partial charge is 0.301 e. The minimum absolute atomic E-state index is 0.0913. The average molecular weight is 326 g/mol. The number of fused-ring (bicyclic) bond motifs is 1. The normalized spacial score (nSPS) is 14.8. The second-order valence-electron chi connectivity index (χ2n) is 4.93. The van der Waals surface area contributed by atoms with Crippen molar-refractivity contribution in [3.05, 3.63) is 45.2 Å². The first-order valence-electron chi connectivity index (χ1n) is 6.47. The fraction of sp³-hybridized carbons (Fsp3) is 0.286. The Morgan fingerprint density at radius 3 is 3.10 bits per heavy atom. The van der Waals surface area contributed by atoms with Crippen molar-refractivity contribution < 1.29 is 9.18 Å². The van der Waals surface area contributed by atoms with Crippen molar-refractivity contribution in [3.63, 3.8) is 0 Å². The highest BCUT2D eigenvalue weighted by Gasteiger charge is 2.21. The molecule has 1 aromatic heterocycles. The number of hydrogen-bond donors (Lipinski definition) is 1. The molecule has 0 atom stereocenters. The topological polar surface area (TPSA) is 45.2 Å². The summed E-state index contributed by atoms with van der Waals surface area (Å²) in [6.07, 6.45) is 0.860. The fourth-order valence-corrected chi connectivity index (χ4v) is 3.58. The van der Waals surface area contributed by atoms with E-state index in [4.69, 9.17) is 11.6 Å². The van der Waals surface area contributed by atoms with Crippen LogP contribution in [-0.4, -0.2) is 29.4 Å². The molecule has 0 unspecified atom stereocenters. The van der Waals surface area contributed by atoms with E-state index in [-0.39, 0.29) is 10.6 Å². The van der Waals surface area contributed by atoms with Crippen LogP contribution in [0.1, 0.15) is 20.9 Å². The fourth-order valence-electron chi connectivity index (χ4n) is 2.25. The van der Waals surface area contributed by atoms with Crippen LogP contribution in [0.15, 0.2) is 18.2 Å². The van der Waals surface area contributed by atoms with E-state index in [2.05, 4.69) is 15.2 Å². The standard InChI is InChI=1S/C14H13ClFN3OS/c1-19-6-5-10-11(7-19)21-14(17-10)18-13(20)12-8(15)3-2-4-9(12)16/h2-4H,5-7H2,1H3,(H,17,18,20). The highest BCUT2D eigenvalue weighted by atomic mass is 35.5. The minimum atomic E-state index is -0.638. The van der Waals surface area contributed by atoms with Crippen molar-refractivity contribution in [1.29, 1.82) is 0 Å². The first-order valence-corrected chi connectivity index (χ1v) is 7.66. The first kappa shape index (κ1) is 14.4. The van der Waals surface area contributed by atoms with Crippen molar-refractivity contribution in [3.8, 4) is 0 Å². The van der Waals surface area contributed by atoms with Gasteiger partial charge < -0.3 is 4.90 Å². The SMILES string of the molecule is CN1CCc2nc(NC(=O)c3c(F)cccc3Cl)sc2C1. The molecule has 0 aliphatic carbocycles. The molecule has 1 N–H and O–H groups in total. The lowest BCUT2D eigenvalue weighted by molar-refractivity contribution is 0.102. The van der Waals surface area contributed by atoms with E-state index >= 15 is 0 Å². The number of carbonyl (C=O) groups is 1. The molecule has 0 saturated carbocycles. The molecule has 1 amide bonds. The van der Waals surface area contributed by atoms with Crippen LogP contribution in [0.3, 0.4) is 0 Å². The lowest BCUT2D eigenvalue weighted by Gasteiger charge is -2.20. The average Bonchev–Trinajstić information content (AvgIpc) is 2.79. The number of amides is 1. The van der Waals surface area contributed by atoms with Gasteiger partial charge in [-0.2, -0.15) is 0 Å². The smallest absolute Gasteiger partial charge is 0.261 e. The Morgan fingerprint density at radius 2 is 2.33 bits per heavy atom. The molecule has 1 aromatic carbocycles. The number of aromatic nitrogens is 1. The molecule has 0 bridgehead atoms. The summed E-state index contributed by atoms with van der Waals surface area (Å²) in [5, 5.41) is 3.21. The Morgan fingerprint density at radius 1 is 1.52 bits per heavy atom. The number of anilines is 1. The third-order valence-electron chi connectivity index (χ3n) is 3.33. The second-order valence-corrected chi connectivity index (χ2v) is 6.42. The van der Waals surface area contributed by atoms with E-state index in [1.807, 2.05) is 7.05 Å². The van der Waals surface area contributed by atoms with Crippen LogP contribution in [0, 0.1) is 5.82 Å². The summed E-state index contributed by atoms with van der Waals surface area (Å²) in [6, 6.07) is 4.16. The Balaban J connectivity index is 1.82. The van der Waals surface area contributed by atoms with Crippen LogP contribution in [-0.2, 0) is 13.0 Å². The number of rotatable bonds is 2. The van der Waals surface area contributed by atoms with Crippen molar-refractivity contribution in [2.75, 3.05) is 18.9 Å². The molecule has 21 heavy (non-hydrogen) atoms. The molecule has 1 aliphatic heterocycles. The van der Waals surface area contributed by atoms with Crippen LogP contribution in [0.4, 0.5) is 9.52 Å². The predicted octanol–water partition coefficient (Wildman–Crippen LogP) is 3.18. The Bertz CT molecular complexity index is 683. The maximum absolute atomic E-state index is 13.7. The summed E-state index contributed by atoms with van der Waals surface area (Å²) in [5.41, 5.74) is 0.859. The molecule has 0 spiro atoms. The van der Waals surface area contributed by atoms with Gasteiger partial charge in [0.2, 0.25) is 0 Å². The number of nitrogens with one attached hydrogen (secondary N) is 1. The Hall–Kier alpha value is -1.50. The van der Waals surface area contributed by atoms with Gasteiger partial charge in [0.05, 0.1) is 16.3 Å². The molecular formula is C14H13ClFN3OS. The van der Waals surface area contributed by atoms with Crippen LogP contribution in [0.25, 0.3) is 0 Å². The number of hydrogen-bond acceptors (Lipinski definition) is 4. The predicted molar refractivity (Wildman–Crippen MR) is 81.5 cm³/mol. The molecule has 2 heterocycles. The van der Waals surface area contributed by atoms with Crippen LogP contribution < -0.4 is 5.32 Å². The van der Waals surface area contributed by atoms with Gasteiger partial charge in [-0.15, -0.1) is 11.3 Å². The lowest BCUT2D eigenvalue weighted by Crippen LogP contribution is -2.25. The van der Waals surface area contributed by atoms with Crippen LogP contribution in [0.2, 0.25) is 5.02 Å². The van der Waals surface area contributed by atoms with E-state index in [1.165, 1.54) is 29.5 Å². The van der Waals surface area contributed by atoms with Crippen LogP contribution in [0.5, 0.6) is 0 Å². The summed E-state index contributed by atoms with van der Waals surface area (Å²) in [6.45, 7) is 1.77. The summed E-state index contributed by atoms with van der Waals surface area (Å²) in [4.78, 5) is 19.9. The number of carbonyl (C=O) groups excluding carboxylic acids is 1. The number of nitrogens with zero attached hydrogens (tertiary/aromatic N) is 2. The molecule has 110 valence electrons. The highest BCUT2D eigenvalue weighted by molar-refractivity contribution is 7.15. The van der Waals surface area contributed by atoms with E-state index in [0.29, 0.717) is 5.13 Å². The Kier molecular flexibility index (Phi) is 3.93. The Labute approximate surface area is 130 Å². The quantitative estimate of drug-likeness (QED) is 0.922. The maximum Gasteiger partial charge on any atom is 0.261 e. The number of benzene rings is 1. The van der Waals surface area contributed by atoms with Gasteiger partial charge in [-0.1, -0.05) is 17.7 Å². The monoisotopic (exact) mass is 325 g/mol. The van der Waals surface area contributed by atoms with Gasteiger partial charge in [-0.05, 0) is 19.2 Å². The van der Waals surface area contributed by atoms with Gasteiger partial charge in [0.25, 0.3) is 5.91 Å². The van der Waals surface area contributed by atoms with E-state index in [1.54, 1.807) is 0 Å². The summed E-state index contributed by atoms with van der Waals surface area (Å²) < 4.78 is 13.7. The zero-order valence-corrected chi connectivity index (χ0v) is 12.9. The molecule has 3 rings (SSSR count). The van der Waals surface area contributed by atoms with Crippen molar-refractivity contribution in [2.24, 2.45) is 0 Å². The number of thiazole rings is 1. The van der Waals surface area contributed by atoms with Gasteiger partial charge in [-0.25, -0.2) is 9.37 Å².